The van der Waals surface area contributed by atoms with Gasteiger partial charge < -0.3 is 5.32 Å². The monoisotopic (exact) mass is 358 g/mol. The molecule has 0 bridgehead atoms. The Morgan fingerprint density at radius 3 is 3.00 bits per heavy atom. The highest BCUT2D eigenvalue weighted by molar-refractivity contribution is 9.10. The van der Waals surface area contributed by atoms with Crippen molar-refractivity contribution < 1.29 is 4.92 Å². The van der Waals surface area contributed by atoms with Crippen molar-refractivity contribution in [3.63, 3.8) is 0 Å². The summed E-state index contributed by atoms with van der Waals surface area (Å²) in [7, 11) is 0. The molecule has 2 unspecified atom stereocenters. The molecule has 0 aromatic heterocycles. The normalized spacial score (nSPS) is 22.7. The topological polar surface area (TPSA) is 55.2 Å². The van der Waals surface area contributed by atoms with Crippen molar-refractivity contribution in [1.82, 2.24) is 5.32 Å². The van der Waals surface area contributed by atoms with E-state index in [1.54, 1.807) is 6.07 Å². The molecule has 0 amide bonds. The Hall–Kier alpha value is -0.590. The predicted molar refractivity (Wildman–Crippen MR) is 87.2 cm³/mol. The van der Waals surface area contributed by atoms with Crippen molar-refractivity contribution in [3.05, 3.63) is 38.3 Å². The van der Waals surface area contributed by atoms with E-state index < -0.39 is 0 Å². The number of hydrogen-bond acceptors (Lipinski definition) is 4. The lowest BCUT2D eigenvalue weighted by atomic mass is 9.94. The van der Waals surface area contributed by atoms with Crippen molar-refractivity contribution in [2.45, 2.75) is 43.5 Å². The van der Waals surface area contributed by atoms with Crippen molar-refractivity contribution in [1.29, 1.82) is 0 Å². The van der Waals surface area contributed by atoms with Gasteiger partial charge in [0.1, 0.15) is 0 Å². The molecule has 20 heavy (non-hydrogen) atoms. The molecule has 2 atom stereocenters. The SMILES string of the molecule is CSC1CCCC(NCc2ccc(Br)cc2[N+](=O)[O-])C1. The average molecular weight is 359 g/mol. The quantitative estimate of drug-likeness (QED) is 0.635. The number of nitrogens with zero attached hydrogens (tertiary/aromatic N) is 1. The first-order chi connectivity index (χ1) is 9.60. The Balaban J connectivity index is 1.98. The van der Waals surface area contributed by atoms with Crippen LogP contribution in [0, 0.1) is 10.1 Å². The van der Waals surface area contributed by atoms with Crippen LogP contribution >= 0.6 is 27.7 Å². The van der Waals surface area contributed by atoms with Crippen LogP contribution in [0.1, 0.15) is 31.2 Å². The molecule has 6 heteroatoms. The first-order valence-electron chi connectivity index (χ1n) is 6.79. The van der Waals surface area contributed by atoms with Gasteiger partial charge in [-0.25, -0.2) is 0 Å². The number of thioether (sulfide) groups is 1. The maximum absolute atomic E-state index is 11.1. The third kappa shape index (κ3) is 4.20. The minimum atomic E-state index is -0.312. The molecule has 4 nitrogen and oxygen atoms in total. The van der Waals surface area contributed by atoms with Crippen LogP contribution in [0.25, 0.3) is 0 Å². The van der Waals surface area contributed by atoms with Crippen LogP contribution in [-0.4, -0.2) is 22.5 Å². The maximum atomic E-state index is 11.1. The molecule has 0 heterocycles. The van der Waals surface area contributed by atoms with Crippen LogP contribution < -0.4 is 5.32 Å². The first kappa shape index (κ1) is 15.8. The Kier molecular flexibility index (Phi) is 5.86. The van der Waals surface area contributed by atoms with E-state index in [0.717, 1.165) is 21.7 Å². The molecular formula is C14H19BrN2O2S. The summed E-state index contributed by atoms with van der Waals surface area (Å²) in [5, 5.41) is 15.3. The number of nitrogens with one attached hydrogen (secondary N) is 1. The molecule has 0 radical (unpaired) electrons. The Morgan fingerprint density at radius 2 is 2.30 bits per heavy atom. The van der Waals surface area contributed by atoms with Crippen molar-refractivity contribution in [2.24, 2.45) is 0 Å². The highest BCUT2D eigenvalue weighted by Crippen LogP contribution is 2.28. The summed E-state index contributed by atoms with van der Waals surface area (Å²) < 4.78 is 0.744. The highest BCUT2D eigenvalue weighted by Gasteiger charge is 2.22. The summed E-state index contributed by atoms with van der Waals surface area (Å²) >= 11 is 5.21. The fraction of sp³-hybridized carbons (Fsp3) is 0.571. The third-order valence-corrected chi connectivity index (χ3v) is 5.37. The summed E-state index contributed by atoms with van der Waals surface area (Å²) in [5.74, 6) is 0. The van der Waals surface area contributed by atoms with Crippen LogP contribution in [0.15, 0.2) is 22.7 Å². The maximum Gasteiger partial charge on any atom is 0.275 e. The second-order valence-corrected chi connectivity index (χ2v) is 7.19. The summed E-state index contributed by atoms with van der Waals surface area (Å²) in [6, 6.07) is 5.73. The second-order valence-electron chi connectivity index (χ2n) is 5.13. The van der Waals surface area contributed by atoms with E-state index in [1.807, 2.05) is 23.9 Å². The van der Waals surface area contributed by atoms with Gasteiger partial charge in [0.2, 0.25) is 0 Å². The molecule has 1 aromatic rings. The van der Waals surface area contributed by atoms with Crippen molar-refractivity contribution >= 4 is 33.4 Å². The number of benzene rings is 1. The smallest absolute Gasteiger partial charge is 0.275 e. The molecule has 1 fully saturated rings. The molecule has 0 saturated heterocycles. The molecule has 1 aliphatic carbocycles. The van der Waals surface area contributed by atoms with Gasteiger partial charge in [-0.2, -0.15) is 11.8 Å². The zero-order chi connectivity index (χ0) is 14.5. The zero-order valence-electron chi connectivity index (χ0n) is 11.5. The van der Waals surface area contributed by atoms with Gasteiger partial charge >= 0.3 is 0 Å². The molecule has 1 N–H and O–H groups in total. The second kappa shape index (κ2) is 7.43. The van der Waals surface area contributed by atoms with Gasteiger partial charge in [-0.1, -0.05) is 22.4 Å². The lowest BCUT2D eigenvalue weighted by molar-refractivity contribution is -0.385. The van der Waals surface area contributed by atoms with Gasteiger partial charge in [-0.05, 0) is 37.7 Å². The summed E-state index contributed by atoms with van der Waals surface area (Å²) in [6.45, 7) is 0.565. The van der Waals surface area contributed by atoms with E-state index in [0.29, 0.717) is 12.6 Å². The molecule has 0 aliphatic heterocycles. The van der Waals surface area contributed by atoms with E-state index >= 15 is 0 Å². The van der Waals surface area contributed by atoms with Gasteiger partial charge in [-0.3, -0.25) is 10.1 Å². The van der Waals surface area contributed by atoms with Crippen LogP contribution in [0.2, 0.25) is 0 Å². The lowest BCUT2D eigenvalue weighted by Crippen LogP contribution is -2.34. The average Bonchev–Trinajstić information content (AvgIpc) is 2.46. The highest BCUT2D eigenvalue weighted by atomic mass is 79.9. The molecule has 1 aliphatic rings. The summed E-state index contributed by atoms with van der Waals surface area (Å²) in [6.07, 6.45) is 7.02. The number of nitro benzene ring substituents is 1. The van der Waals surface area contributed by atoms with Crippen molar-refractivity contribution in [3.8, 4) is 0 Å². The molecule has 1 aromatic carbocycles. The number of rotatable bonds is 5. The van der Waals surface area contributed by atoms with E-state index in [9.17, 15) is 10.1 Å². The minimum Gasteiger partial charge on any atom is -0.310 e. The summed E-state index contributed by atoms with van der Waals surface area (Å²) in [4.78, 5) is 10.8. The predicted octanol–water partition coefficient (Wildman–Crippen LogP) is 4.12. The van der Waals surface area contributed by atoms with Gasteiger partial charge in [0.15, 0.2) is 0 Å². The molecule has 110 valence electrons. The zero-order valence-corrected chi connectivity index (χ0v) is 13.9. The molecule has 1 saturated carbocycles. The van der Waals surface area contributed by atoms with E-state index in [2.05, 4.69) is 27.5 Å². The molecule has 0 spiro atoms. The third-order valence-electron chi connectivity index (χ3n) is 3.78. The van der Waals surface area contributed by atoms with Gasteiger partial charge in [0.25, 0.3) is 5.69 Å². The molecule has 2 rings (SSSR count). The standard InChI is InChI=1S/C14H19BrN2O2S/c1-20-13-4-2-3-12(8-13)16-9-10-5-6-11(15)7-14(10)17(18)19/h5-7,12-13,16H,2-4,8-9H2,1H3. The minimum absolute atomic E-state index is 0.184. The number of nitro groups is 1. The Labute approximate surface area is 132 Å². The molecular weight excluding hydrogens is 340 g/mol. The van der Waals surface area contributed by atoms with Crippen molar-refractivity contribution in [2.75, 3.05) is 6.26 Å². The fourth-order valence-corrected chi connectivity index (χ4v) is 3.83. The van der Waals surface area contributed by atoms with Crippen LogP contribution in [0.3, 0.4) is 0 Å². The van der Waals surface area contributed by atoms with Gasteiger partial charge in [0, 0.05) is 33.9 Å². The largest absolute Gasteiger partial charge is 0.310 e. The summed E-state index contributed by atoms with van der Waals surface area (Å²) in [5.41, 5.74) is 0.938. The number of halogens is 1. The van der Waals surface area contributed by atoms with E-state index in [-0.39, 0.29) is 10.6 Å². The number of hydrogen-bond donors (Lipinski definition) is 1. The Bertz CT molecular complexity index is 484. The fourth-order valence-electron chi connectivity index (χ4n) is 2.66. The van der Waals surface area contributed by atoms with Crippen LogP contribution in [-0.2, 0) is 6.54 Å². The lowest BCUT2D eigenvalue weighted by Gasteiger charge is -2.28. The van der Waals surface area contributed by atoms with E-state index in [4.69, 9.17) is 0 Å². The van der Waals surface area contributed by atoms with Gasteiger partial charge in [0.05, 0.1) is 4.92 Å². The first-order valence-corrected chi connectivity index (χ1v) is 8.87. The van der Waals surface area contributed by atoms with Crippen LogP contribution in [0.4, 0.5) is 5.69 Å². The Morgan fingerprint density at radius 1 is 1.50 bits per heavy atom. The van der Waals surface area contributed by atoms with Gasteiger partial charge in [-0.15, -0.1) is 0 Å². The van der Waals surface area contributed by atoms with Crippen LogP contribution in [0.5, 0.6) is 0 Å². The van der Waals surface area contributed by atoms with E-state index in [1.165, 1.54) is 19.3 Å².